The summed E-state index contributed by atoms with van der Waals surface area (Å²) in [5.41, 5.74) is 0.389. The maximum atomic E-state index is 12.9. The third kappa shape index (κ3) is 4.42. The van der Waals surface area contributed by atoms with E-state index in [-0.39, 0.29) is 11.9 Å². The van der Waals surface area contributed by atoms with Gasteiger partial charge in [-0.3, -0.25) is 4.79 Å². The zero-order valence-electron chi connectivity index (χ0n) is 15.0. The van der Waals surface area contributed by atoms with Crippen LogP contribution in [0.15, 0.2) is 18.2 Å². The van der Waals surface area contributed by atoms with E-state index in [2.05, 4.69) is 4.72 Å². The van der Waals surface area contributed by atoms with Gasteiger partial charge in [0.05, 0.1) is 14.2 Å². The first kappa shape index (κ1) is 19.5. The first-order valence-electron chi connectivity index (χ1n) is 8.00. The van der Waals surface area contributed by atoms with Crippen molar-refractivity contribution < 1.29 is 22.7 Å². The molecule has 140 valence electrons. The van der Waals surface area contributed by atoms with Crippen LogP contribution in [-0.4, -0.2) is 71.0 Å². The molecule has 1 N–H and O–H groups in total. The number of carbonyl (C=O) groups excluding carboxylic acids is 1. The number of nitrogens with zero attached hydrogens (tertiary/aromatic N) is 2. The van der Waals surface area contributed by atoms with Gasteiger partial charge in [0.25, 0.3) is 16.1 Å². The third-order valence-corrected chi connectivity index (χ3v) is 5.81. The molecule has 0 atom stereocenters. The lowest BCUT2D eigenvalue weighted by atomic mass is 10.0. The Hall–Kier alpha value is -1.84. The Kier molecular flexibility index (Phi) is 6.26. The Morgan fingerprint density at radius 1 is 1.16 bits per heavy atom. The van der Waals surface area contributed by atoms with Gasteiger partial charge in [-0.25, -0.2) is 0 Å². The van der Waals surface area contributed by atoms with Crippen molar-refractivity contribution in [3.63, 3.8) is 0 Å². The number of hydrogen-bond donors (Lipinski definition) is 1. The normalized spacial score (nSPS) is 16.1. The second kappa shape index (κ2) is 8.03. The molecule has 2 rings (SSSR count). The molecular formula is C16H25N3O5S. The van der Waals surface area contributed by atoms with Gasteiger partial charge >= 0.3 is 0 Å². The molecular weight excluding hydrogens is 346 g/mol. The summed E-state index contributed by atoms with van der Waals surface area (Å²) in [4.78, 5) is 14.6. The summed E-state index contributed by atoms with van der Waals surface area (Å²) in [5, 5.41) is 0. The van der Waals surface area contributed by atoms with E-state index in [0.29, 0.717) is 43.0 Å². The van der Waals surface area contributed by atoms with Gasteiger partial charge in [-0.15, -0.1) is 0 Å². The Morgan fingerprint density at radius 3 is 2.12 bits per heavy atom. The smallest absolute Gasteiger partial charge is 0.279 e. The van der Waals surface area contributed by atoms with Crippen molar-refractivity contribution in [3.8, 4) is 11.5 Å². The van der Waals surface area contributed by atoms with Gasteiger partial charge in [0.15, 0.2) is 0 Å². The predicted octanol–water partition coefficient (Wildman–Crippen LogP) is 0.704. The van der Waals surface area contributed by atoms with Crippen LogP contribution in [0.2, 0.25) is 0 Å². The Morgan fingerprint density at radius 2 is 1.68 bits per heavy atom. The van der Waals surface area contributed by atoms with Gasteiger partial charge in [-0.05, 0) is 25.0 Å². The highest BCUT2D eigenvalue weighted by atomic mass is 32.2. The van der Waals surface area contributed by atoms with Crippen LogP contribution in [0.25, 0.3) is 0 Å². The molecule has 0 bridgehead atoms. The lowest BCUT2D eigenvalue weighted by Crippen LogP contribution is -2.49. The number of carbonyl (C=O) groups is 1. The Balaban J connectivity index is 2.08. The quantitative estimate of drug-likeness (QED) is 0.795. The SMILES string of the molecule is COc1cccc(OC)c1C(=O)N1CCC(NS(=O)(=O)N(C)C)CC1. The molecule has 1 saturated heterocycles. The van der Waals surface area contributed by atoms with Crippen molar-refractivity contribution >= 4 is 16.1 Å². The maximum absolute atomic E-state index is 12.9. The molecule has 0 spiro atoms. The average Bonchev–Trinajstić information content (AvgIpc) is 2.60. The molecule has 25 heavy (non-hydrogen) atoms. The standard InChI is InChI=1S/C16H25N3O5S/c1-18(2)25(21,22)17-12-8-10-19(11-9-12)16(20)15-13(23-3)6-5-7-14(15)24-4/h5-7,12,17H,8-11H2,1-4H3. The molecule has 1 fully saturated rings. The highest BCUT2D eigenvalue weighted by Gasteiger charge is 2.29. The summed E-state index contributed by atoms with van der Waals surface area (Å²) in [6.45, 7) is 0.918. The van der Waals surface area contributed by atoms with E-state index in [1.54, 1.807) is 23.1 Å². The molecule has 1 heterocycles. The fourth-order valence-electron chi connectivity index (χ4n) is 2.74. The van der Waals surface area contributed by atoms with Gasteiger partial charge < -0.3 is 14.4 Å². The molecule has 1 aromatic carbocycles. The van der Waals surface area contributed by atoms with Crippen LogP contribution in [0, 0.1) is 0 Å². The van der Waals surface area contributed by atoms with Crippen LogP contribution in [0.3, 0.4) is 0 Å². The van der Waals surface area contributed by atoms with E-state index in [0.717, 1.165) is 4.31 Å². The molecule has 0 saturated carbocycles. The van der Waals surface area contributed by atoms with Crippen LogP contribution in [0.1, 0.15) is 23.2 Å². The number of piperidine rings is 1. The van der Waals surface area contributed by atoms with E-state index >= 15 is 0 Å². The average molecular weight is 371 g/mol. The minimum absolute atomic E-state index is 0.178. The highest BCUT2D eigenvalue weighted by Crippen LogP contribution is 2.30. The number of rotatable bonds is 6. The van der Waals surface area contributed by atoms with Crippen LogP contribution in [0.5, 0.6) is 11.5 Å². The lowest BCUT2D eigenvalue weighted by Gasteiger charge is -2.33. The number of nitrogens with one attached hydrogen (secondary N) is 1. The molecule has 1 aromatic rings. The fourth-order valence-corrected chi connectivity index (χ4v) is 3.60. The number of amides is 1. The fraction of sp³-hybridized carbons (Fsp3) is 0.562. The van der Waals surface area contributed by atoms with Crippen LogP contribution in [0.4, 0.5) is 0 Å². The zero-order chi connectivity index (χ0) is 18.6. The van der Waals surface area contributed by atoms with E-state index in [1.165, 1.54) is 28.3 Å². The largest absolute Gasteiger partial charge is 0.496 e. The minimum Gasteiger partial charge on any atom is -0.496 e. The molecule has 9 heteroatoms. The van der Waals surface area contributed by atoms with Crippen molar-refractivity contribution in [3.05, 3.63) is 23.8 Å². The molecule has 0 aliphatic carbocycles. The number of methoxy groups -OCH3 is 2. The van der Waals surface area contributed by atoms with Crippen molar-refractivity contribution in [2.75, 3.05) is 41.4 Å². The van der Waals surface area contributed by atoms with Gasteiger partial charge in [-0.2, -0.15) is 17.4 Å². The molecule has 0 radical (unpaired) electrons. The van der Waals surface area contributed by atoms with Gasteiger partial charge in [-0.1, -0.05) is 6.07 Å². The van der Waals surface area contributed by atoms with Crippen LogP contribution >= 0.6 is 0 Å². The molecule has 0 unspecified atom stereocenters. The van der Waals surface area contributed by atoms with E-state index in [1.807, 2.05) is 0 Å². The summed E-state index contributed by atoms with van der Waals surface area (Å²) in [6.07, 6.45) is 1.10. The summed E-state index contributed by atoms with van der Waals surface area (Å²) >= 11 is 0. The summed E-state index contributed by atoms with van der Waals surface area (Å²) in [6, 6.07) is 5.01. The summed E-state index contributed by atoms with van der Waals surface area (Å²) in [5.74, 6) is 0.739. The molecule has 0 aromatic heterocycles. The second-order valence-corrected chi connectivity index (χ2v) is 7.93. The Bertz CT molecular complexity index is 690. The number of likely N-dealkylation sites (tertiary alicyclic amines) is 1. The molecule has 1 amide bonds. The molecule has 8 nitrogen and oxygen atoms in total. The predicted molar refractivity (Wildman–Crippen MR) is 94.2 cm³/mol. The second-order valence-electron chi connectivity index (χ2n) is 6.01. The van der Waals surface area contributed by atoms with Gasteiger partial charge in [0.2, 0.25) is 0 Å². The third-order valence-electron chi connectivity index (χ3n) is 4.22. The number of hydrogen-bond acceptors (Lipinski definition) is 5. The van der Waals surface area contributed by atoms with Crippen molar-refractivity contribution in [1.29, 1.82) is 0 Å². The summed E-state index contributed by atoms with van der Waals surface area (Å²) in [7, 11) is 2.51. The highest BCUT2D eigenvalue weighted by molar-refractivity contribution is 7.87. The number of ether oxygens (including phenoxy) is 2. The van der Waals surface area contributed by atoms with E-state index < -0.39 is 10.2 Å². The number of benzene rings is 1. The summed E-state index contributed by atoms with van der Waals surface area (Å²) < 4.78 is 38.2. The monoisotopic (exact) mass is 371 g/mol. The topological polar surface area (TPSA) is 88.2 Å². The maximum Gasteiger partial charge on any atom is 0.279 e. The minimum atomic E-state index is -3.47. The Labute approximate surface area is 148 Å². The van der Waals surface area contributed by atoms with Crippen molar-refractivity contribution in [1.82, 2.24) is 13.9 Å². The van der Waals surface area contributed by atoms with E-state index in [9.17, 15) is 13.2 Å². The first-order chi connectivity index (χ1) is 11.8. The zero-order valence-corrected chi connectivity index (χ0v) is 15.8. The van der Waals surface area contributed by atoms with Gasteiger partial charge in [0, 0.05) is 33.2 Å². The molecule has 1 aliphatic rings. The molecule has 1 aliphatic heterocycles. The van der Waals surface area contributed by atoms with Crippen LogP contribution in [-0.2, 0) is 10.2 Å². The first-order valence-corrected chi connectivity index (χ1v) is 9.44. The van der Waals surface area contributed by atoms with E-state index in [4.69, 9.17) is 9.47 Å². The van der Waals surface area contributed by atoms with Crippen LogP contribution < -0.4 is 14.2 Å². The van der Waals surface area contributed by atoms with Crippen molar-refractivity contribution in [2.45, 2.75) is 18.9 Å². The lowest BCUT2D eigenvalue weighted by molar-refractivity contribution is 0.0704. The van der Waals surface area contributed by atoms with Crippen molar-refractivity contribution in [2.24, 2.45) is 0 Å². The van der Waals surface area contributed by atoms with Gasteiger partial charge in [0.1, 0.15) is 17.1 Å².